The molecule has 2 N–H and O–H groups in total. The second kappa shape index (κ2) is 11.7. The van der Waals surface area contributed by atoms with Gasteiger partial charge in [0.25, 0.3) is 0 Å². The minimum Gasteiger partial charge on any atom is -0.383 e. The summed E-state index contributed by atoms with van der Waals surface area (Å²) in [6.07, 6.45) is 8.03. The van der Waals surface area contributed by atoms with Crippen LogP contribution in [-0.4, -0.2) is 87.2 Å². The summed E-state index contributed by atoms with van der Waals surface area (Å²) in [5.74, 6) is 2.24. The molecule has 0 aromatic rings. The van der Waals surface area contributed by atoms with Crippen LogP contribution < -0.4 is 10.6 Å². The number of carbonyl (C=O) groups is 1. The summed E-state index contributed by atoms with van der Waals surface area (Å²) in [5, 5.41) is 6.98. The maximum atomic E-state index is 12.7. The van der Waals surface area contributed by atoms with Crippen molar-refractivity contribution in [1.82, 2.24) is 20.4 Å². The second-order valence-corrected chi connectivity index (χ2v) is 8.89. The predicted molar refractivity (Wildman–Crippen MR) is 117 cm³/mol. The number of hydrogen-bond donors (Lipinski definition) is 2. The summed E-state index contributed by atoms with van der Waals surface area (Å²) in [5.41, 5.74) is 0. The first-order chi connectivity index (χ1) is 14.2. The zero-order chi connectivity index (χ0) is 20.5. The topological polar surface area (TPSA) is 69.2 Å². The predicted octanol–water partition coefficient (Wildman–Crippen LogP) is 1.69. The van der Waals surface area contributed by atoms with Gasteiger partial charge in [-0.15, -0.1) is 0 Å². The number of nitrogens with zero attached hydrogens (tertiary/aromatic N) is 3. The van der Waals surface area contributed by atoms with Crippen LogP contribution in [0.5, 0.6) is 0 Å². The van der Waals surface area contributed by atoms with Gasteiger partial charge in [0.05, 0.1) is 6.61 Å². The number of likely N-dealkylation sites (tertiary alicyclic amines) is 2. The van der Waals surface area contributed by atoms with Crippen LogP contribution in [-0.2, 0) is 9.53 Å². The number of guanidine groups is 1. The molecule has 1 unspecified atom stereocenters. The van der Waals surface area contributed by atoms with Gasteiger partial charge in [-0.1, -0.05) is 12.8 Å². The lowest BCUT2D eigenvalue weighted by molar-refractivity contribution is -0.134. The molecule has 3 fully saturated rings. The van der Waals surface area contributed by atoms with E-state index < -0.39 is 0 Å². The van der Waals surface area contributed by atoms with Crippen LogP contribution in [0.25, 0.3) is 0 Å². The highest BCUT2D eigenvalue weighted by molar-refractivity contribution is 5.81. The zero-order valence-corrected chi connectivity index (χ0v) is 18.5. The maximum Gasteiger partial charge on any atom is 0.225 e. The van der Waals surface area contributed by atoms with Gasteiger partial charge in [-0.2, -0.15) is 0 Å². The third kappa shape index (κ3) is 6.85. The lowest BCUT2D eigenvalue weighted by Gasteiger charge is -2.31. The van der Waals surface area contributed by atoms with Crippen molar-refractivity contribution in [2.45, 2.75) is 57.9 Å². The van der Waals surface area contributed by atoms with E-state index in [0.29, 0.717) is 17.9 Å². The average Bonchev–Trinajstić information content (AvgIpc) is 3.43. The SMILES string of the molecule is CCNC(=NCC1CCN(CCOC)CC1)NC1CCN(C(=O)C2CCCC2)C1. The maximum absolute atomic E-state index is 12.7. The van der Waals surface area contributed by atoms with Gasteiger partial charge in [-0.3, -0.25) is 9.79 Å². The molecule has 7 heteroatoms. The normalized spacial score (nSPS) is 25.0. The average molecular weight is 408 g/mol. The molecule has 2 saturated heterocycles. The largest absolute Gasteiger partial charge is 0.383 e. The lowest BCUT2D eigenvalue weighted by Crippen LogP contribution is -2.45. The fraction of sp³-hybridized carbons (Fsp3) is 0.909. The minimum absolute atomic E-state index is 0.283. The van der Waals surface area contributed by atoms with Crippen LogP contribution in [0.4, 0.5) is 0 Å². The van der Waals surface area contributed by atoms with Gasteiger partial charge in [0.15, 0.2) is 5.96 Å². The van der Waals surface area contributed by atoms with Crippen molar-refractivity contribution in [3.05, 3.63) is 0 Å². The monoisotopic (exact) mass is 407 g/mol. The van der Waals surface area contributed by atoms with Crippen molar-refractivity contribution in [2.24, 2.45) is 16.8 Å². The van der Waals surface area contributed by atoms with Crippen LogP contribution in [0.3, 0.4) is 0 Å². The Morgan fingerprint density at radius 2 is 1.86 bits per heavy atom. The van der Waals surface area contributed by atoms with Crippen LogP contribution in [0, 0.1) is 11.8 Å². The number of amides is 1. The molecule has 1 atom stereocenters. The molecule has 29 heavy (non-hydrogen) atoms. The fourth-order valence-electron chi connectivity index (χ4n) is 4.86. The number of rotatable bonds is 8. The lowest BCUT2D eigenvalue weighted by atomic mass is 9.97. The number of hydrogen-bond acceptors (Lipinski definition) is 4. The number of ether oxygens (including phenoxy) is 1. The van der Waals surface area contributed by atoms with Crippen molar-refractivity contribution in [1.29, 1.82) is 0 Å². The first-order valence-electron chi connectivity index (χ1n) is 11.7. The summed E-state index contributed by atoms with van der Waals surface area (Å²) in [7, 11) is 1.77. The molecule has 0 bridgehead atoms. The third-order valence-corrected chi connectivity index (χ3v) is 6.72. The van der Waals surface area contributed by atoms with Crippen LogP contribution in [0.1, 0.15) is 51.9 Å². The molecule has 2 aliphatic heterocycles. The second-order valence-electron chi connectivity index (χ2n) is 8.89. The number of piperidine rings is 1. The van der Waals surface area contributed by atoms with E-state index in [9.17, 15) is 4.79 Å². The number of carbonyl (C=O) groups excluding carboxylic acids is 1. The smallest absolute Gasteiger partial charge is 0.225 e. The van der Waals surface area contributed by atoms with E-state index in [-0.39, 0.29) is 5.92 Å². The van der Waals surface area contributed by atoms with Crippen molar-refractivity contribution < 1.29 is 9.53 Å². The number of nitrogens with one attached hydrogen (secondary N) is 2. The van der Waals surface area contributed by atoms with E-state index in [0.717, 1.165) is 77.6 Å². The van der Waals surface area contributed by atoms with Gasteiger partial charge in [-0.05, 0) is 58.0 Å². The third-order valence-electron chi connectivity index (χ3n) is 6.72. The standard InChI is InChI=1S/C22H41N5O2/c1-3-23-22(24-16-18-8-11-26(12-9-18)14-15-29-2)25-20-10-13-27(17-20)21(28)19-6-4-5-7-19/h18-20H,3-17H2,1-2H3,(H2,23,24,25). The van der Waals surface area contributed by atoms with Gasteiger partial charge < -0.3 is 25.2 Å². The molecule has 0 radical (unpaired) electrons. The van der Waals surface area contributed by atoms with Gasteiger partial charge in [0.1, 0.15) is 0 Å². The molecule has 1 aliphatic carbocycles. The fourth-order valence-corrected chi connectivity index (χ4v) is 4.86. The summed E-state index contributed by atoms with van der Waals surface area (Å²) in [6.45, 7) is 9.69. The summed E-state index contributed by atoms with van der Waals surface area (Å²) in [6, 6.07) is 0.314. The van der Waals surface area contributed by atoms with Crippen LogP contribution >= 0.6 is 0 Å². The van der Waals surface area contributed by atoms with Crippen molar-refractivity contribution in [3.63, 3.8) is 0 Å². The molecular weight excluding hydrogens is 366 g/mol. The summed E-state index contributed by atoms with van der Waals surface area (Å²) >= 11 is 0. The quantitative estimate of drug-likeness (QED) is 0.473. The van der Waals surface area contributed by atoms with Crippen LogP contribution in [0.15, 0.2) is 4.99 Å². The Kier molecular flexibility index (Phi) is 9.05. The molecule has 0 spiro atoms. The Morgan fingerprint density at radius 1 is 1.10 bits per heavy atom. The molecule has 1 saturated carbocycles. The van der Waals surface area contributed by atoms with E-state index in [4.69, 9.17) is 9.73 Å². The highest BCUT2D eigenvalue weighted by Gasteiger charge is 2.32. The number of aliphatic imine (C=N–C) groups is 1. The first-order valence-corrected chi connectivity index (χ1v) is 11.7. The Labute approximate surface area is 176 Å². The zero-order valence-electron chi connectivity index (χ0n) is 18.5. The Hall–Kier alpha value is -1.34. The molecule has 7 nitrogen and oxygen atoms in total. The summed E-state index contributed by atoms with van der Waals surface area (Å²) < 4.78 is 5.19. The molecule has 0 aromatic heterocycles. The number of methoxy groups -OCH3 is 1. The van der Waals surface area contributed by atoms with E-state index >= 15 is 0 Å². The Balaban J connectivity index is 1.42. The molecular formula is C22H41N5O2. The first kappa shape index (κ1) is 22.3. The van der Waals surface area contributed by atoms with Gasteiger partial charge in [0.2, 0.25) is 5.91 Å². The van der Waals surface area contributed by atoms with E-state index in [1.165, 1.54) is 25.7 Å². The van der Waals surface area contributed by atoms with Crippen LogP contribution in [0.2, 0.25) is 0 Å². The van der Waals surface area contributed by atoms with E-state index in [1.807, 2.05) is 0 Å². The molecule has 3 aliphatic rings. The van der Waals surface area contributed by atoms with Gasteiger partial charge in [-0.25, -0.2) is 0 Å². The van der Waals surface area contributed by atoms with Gasteiger partial charge in [0, 0.05) is 51.8 Å². The van der Waals surface area contributed by atoms with Gasteiger partial charge >= 0.3 is 0 Å². The summed E-state index contributed by atoms with van der Waals surface area (Å²) in [4.78, 5) is 22.1. The molecule has 3 rings (SSSR count). The van der Waals surface area contributed by atoms with Crippen molar-refractivity contribution in [3.8, 4) is 0 Å². The molecule has 0 aromatic carbocycles. The van der Waals surface area contributed by atoms with Crippen molar-refractivity contribution in [2.75, 3.05) is 59.5 Å². The molecule has 2 heterocycles. The highest BCUT2D eigenvalue weighted by Crippen LogP contribution is 2.27. The van der Waals surface area contributed by atoms with Crippen molar-refractivity contribution >= 4 is 11.9 Å². The Morgan fingerprint density at radius 3 is 2.55 bits per heavy atom. The molecule has 1 amide bonds. The Bertz CT molecular complexity index is 527. The molecule has 166 valence electrons. The van der Waals surface area contributed by atoms with E-state index in [2.05, 4.69) is 27.4 Å². The van der Waals surface area contributed by atoms with E-state index in [1.54, 1.807) is 7.11 Å². The minimum atomic E-state index is 0.283. The highest BCUT2D eigenvalue weighted by atomic mass is 16.5.